The molecular formula is C24H36O6Zr+4. The molecule has 0 amide bonds. The molecule has 2 aromatic carbocycles. The van der Waals surface area contributed by atoms with Crippen molar-refractivity contribution in [3.05, 3.63) is 84.6 Å². The minimum atomic E-state index is 0. The minimum Gasteiger partial charge on any atom is -0.446 e. The summed E-state index contributed by atoms with van der Waals surface area (Å²) in [5.41, 5.74) is 1.40. The normalized spacial score (nSPS) is 8.19. The Morgan fingerprint density at radius 3 is 1.06 bits per heavy atom. The molecule has 2 aromatic rings. The molecule has 0 aliphatic carbocycles. The molecule has 0 spiro atoms. The van der Waals surface area contributed by atoms with Gasteiger partial charge in [0.25, 0.3) is 0 Å². The largest absolute Gasteiger partial charge is 0.446 e. The van der Waals surface area contributed by atoms with Crippen molar-refractivity contribution in [1.82, 2.24) is 0 Å². The van der Waals surface area contributed by atoms with Crippen LogP contribution in [0.3, 0.4) is 0 Å². The fourth-order valence-electron chi connectivity index (χ4n) is 1.78. The van der Waals surface area contributed by atoms with Crippen molar-refractivity contribution in [2.24, 2.45) is 0 Å². The van der Waals surface area contributed by atoms with Gasteiger partial charge in [0.15, 0.2) is 0 Å². The Hall–Kier alpha value is -2.34. The third-order valence-corrected chi connectivity index (χ3v) is 2.83. The third kappa shape index (κ3) is 20.7. The fraction of sp³-hybridized carbons (Fsp3) is 0.250. The molecule has 7 heteroatoms. The number of benzene rings is 2. The molecular weight excluding hydrogens is 475 g/mol. The van der Waals surface area contributed by atoms with Crippen LogP contribution in [0.4, 0.5) is 0 Å². The van der Waals surface area contributed by atoms with Crippen molar-refractivity contribution in [3.63, 3.8) is 0 Å². The summed E-state index contributed by atoms with van der Waals surface area (Å²) in [4.78, 5) is 36.5. The Labute approximate surface area is 203 Å². The van der Waals surface area contributed by atoms with Crippen LogP contribution in [0.5, 0.6) is 0 Å². The van der Waals surface area contributed by atoms with Gasteiger partial charge in [0.1, 0.15) is 13.2 Å². The van der Waals surface area contributed by atoms with Gasteiger partial charge >= 0.3 is 0 Å². The quantitative estimate of drug-likeness (QED) is 0.243. The summed E-state index contributed by atoms with van der Waals surface area (Å²) < 4.78 is 0. The Kier molecular flexibility index (Phi) is 24.0. The average molecular weight is 512 g/mol. The van der Waals surface area contributed by atoms with Gasteiger partial charge in [-0.05, 0) is 12.8 Å². The molecule has 0 saturated heterocycles. The molecule has 0 saturated carbocycles. The number of hydrogen-bond donors (Lipinski definition) is 0. The van der Waals surface area contributed by atoms with Crippen molar-refractivity contribution in [1.29, 1.82) is 0 Å². The summed E-state index contributed by atoms with van der Waals surface area (Å²) in [6.07, 6.45) is 2.63. The van der Waals surface area contributed by atoms with E-state index in [1.807, 2.05) is 36.4 Å². The minimum absolute atomic E-state index is 0. The van der Waals surface area contributed by atoms with Crippen molar-refractivity contribution < 1.29 is 55.6 Å². The molecule has 168 valence electrons. The zero-order valence-electron chi connectivity index (χ0n) is 18.6. The van der Waals surface area contributed by atoms with Gasteiger partial charge in [-0.25, -0.2) is 0 Å². The Bertz CT molecular complexity index is 680. The van der Waals surface area contributed by atoms with E-state index in [1.165, 1.54) is 26.7 Å². The maximum Gasteiger partial charge on any atom is 0.247 e. The first-order chi connectivity index (χ1) is 14.2. The standard InChI is InChI=1S/2C10H9O2.2C2H6O.Zr/c2*1-8(11)7-10(12)9-5-3-2-4-6-9;2*1-2-3;/h2*2-7H,1H3;2*3H,2H2,1H3;/q2*-1;;;/p+6. The van der Waals surface area contributed by atoms with Gasteiger partial charge < -0.3 is 19.8 Å². The second kappa shape index (κ2) is 22.4. The van der Waals surface area contributed by atoms with Crippen molar-refractivity contribution >= 4 is 23.1 Å². The van der Waals surface area contributed by atoms with E-state index >= 15 is 0 Å². The summed E-state index contributed by atoms with van der Waals surface area (Å²) in [5, 5.41) is 12.4. The monoisotopic (exact) mass is 510 g/mol. The Morgan fingerprint density at radius 2 is 0.871 bits per heavy atom. The third-order valence-electron chi connectivity index (χ3n) is 2.83. The van der Waals surface area contributed by atoms with Gasteiger partial charge in [0, 0.05) is 53.9 Å². The Balaban J connectivity index is -0.000000394. The smallest absolute Gasteiger partial charge is 0.247 e. The molecule has 8 N–H and O–H groups in total. The zero-order valence-corrected chi connectivity index (χ0v) is 21.1. The van der Waals surface area contributed by atoms with E-state index in [4.69, 9.17) is 19.8 Å². The molecule has 0 aliphatic heterocycles. The summed E-state index contributed by atoms with van der Waals surface area (Å²) in [5.74, 6) is 0.346. The van der Waals surface area contributed by atoms with Crippen LogP contribution in [0, 0.1) is 12.8 Å². The van der Waals surface area contributed by atoms with Crippen LogP contribution >= 0.6 is 0 Å². The summed E-state index contributed by atoms with van der Waals surface area (Å²) >= 11 is 0. The van der Waals surface area contributed by atoms with Crippen molar-refractivity contribution in [2.45, 2.75) is 27.7 Å². The zero-order chi connectivity index (χ0) is 23.4. The molecule has 0 heterocycles. The van der Waals surface area contributed by atoms with E-state index in [-0.39, 0.29) is 49.3 Å². The first-order valence-electron chi connectivity index (χ1n) is 9.49. The SMILES string of the molecule is CC(=[OH+])[CH-]C(=[OH+])c1ccccc1.CC(=[OH+])[CH-]C(=[OH+])c1ccccc1.CC[OH2+].CC[OH2+].[Zr]. The molecule has 0 fully saturated rings. The molecule has 0 atom stereocenters. The molecule has 0 unspecified atom stereocenters. The van der Waals surface area contributed by atoms with E-state index in [0.29, 0.717) is 24.3 Å². The number of ketones is 4. The first-order valence-corrected chi connectivity index (χ1v) is 9.49. The van der Waals surface area contributed by atoms with Crippen LogP contribution < -0.4 is 0 Å². The van der Waals surface area contributed by atoms with Crippen LogP contribution in [0.15, 0.2) is 60.7 Å². The van der Waals surface area contributed by atoms with Crippen LogP contribution in [-0.2, 0) is 26.2 Å². The molecule has 0 aromatic heterocycles. The van der Waals surface area contributed by atoms with E-state index in [9.17, 15) is 9.59 Å². The van der Waals surface area contributed by atoms with Crippen LogP contribution in [0.2, 0.25) is 0 Å². The van der Waals surface area contributed by atoms with Crippen molar-refractivity contribution in [3.8, 4) is 0 Å². The van der Waals surface area contributed by atoms with E-state index in [1.54, 1.807) is 38.1 Å². The van der Waals surface area contributed by atoms with Crippen molar-refractivity contribution in [2.75, 3.05) is 13.2 Å². The summed E-state index contributed by atoms with van der Waals surface area (Å²) in [6.45, 7) is 7.61. The van der Waals surface area contributed by atoms with Gasteiger partial charge in [-0.3, -0.25) is 9.59 Å². The van der Waals surface area contributed by atoms with Gasteiger partial charge in [-0.2, -0.15) is 0 Å². The molecule has 0 bridgehead atoms. The molecule has 0 radical (unpaired) electrons. The number of rotatable bonds is 6. The predicted octanol–water partition coefficient (Wildman–Crippen LogP) is 2.16. The van der Waals surface area contributed by atoms with Crippen LogP contribution in [0.1, 0.15) is 38.8 Å². The first kappa shape index (κ1) is 33.3. The van der Waals surface area contributed by atoms with Gasteiger partial charge in [0.05, 0.1) is 0 Å². The average Bonchev–Trinajstić information content (AvgIpc) is 2.70. The van der Waals surface area contributed by atoms with Crippen LogP contribution in [-0.4, -0.2) is 65.7 Å². The second-order valence-electron chi connectivity index (χ2n) is 5.78. The maximum atomic E-state index is 9.37. The molecule has 0 aliphatic rings. The topological polar surface area (TPSA) is 131 Å². The van der Waals surface area contributed by atoms with Gasteiger partial charge in [-0.1, -0.05) is 47.5 Å². The van der Waals surface area contributed by atoms with E-state index in [2.05, 4.69) is 0 Å². The Morgan fingerprint density at radius 1 is 0.645 bits per heavy atom. The van der Waals surface area contributed by atoms with Gasteiger partial charge in [-0.15, -0.1) is 24.3 Å². The predicted molar refractivity (Wildman–Crippen MR) is 127 cm³/mol. The maximum absolute atomic E-state index is 9.37. The number of carbonyl (C=O) groups excluding carboxylic acids is 4. The van der Waals surface area contributed by atoms with E-state index < -0.39 is 0 Å². The fourth-order valence-corrected chi connectivity index (χ4v) is 1.78. The second-order valence-corrected chi connectivity index (χ2v) is 5.78. The molecule has 2 rings (SSSR count). The molecule has 31 heavy (non-hydrogen) atoms. The van der Waals surface area contributed by atoms with Crippen LogP contribution in [0.25, 0.3) is 0 Å². The number of hydrogen-bond acceptors (Lipinski definition) is 0. The molecule has 6 nitrogen and oxygen atoms in total. The van der Waals surface area contributed by atoms with E-state index in [0.717, 1.165) is 0 Å². The summed E-state index contributed by atoms with van der Waals surface area (Å²) in [6, 6.07) is 18.1. The van der Waals surface area contributed by atoms with Gasteiger partial charge in [0.2, 0.25) is 23.1 Å². The summed E-state index contributed by atoms with van der Waals surface area (Å²) in [7, 11) is 0.